The number of esters is 1. The van der Waals surface area contributed by atoms with Crippen LogP contribution in [0.15, 0.2) is 12.3 Å². The third-order valence-corrected chi connectivity index (χ3v) is 6.91. The van der Waals surface area contributed by atoms with Crippen LogP contribution in [0.1, 0.15) is 176 Å². The van der Waals surface area contributed by atoms with Crippen molar-refractivity contribution in [1.29, 1.82) is 0 Å². The van der Waals surface area contributed by atoms with Crippen LogP contribution in [-0.2, 0) is 9.53 Å². The molecule has 0 atom stereocenters. The quantitative estimate of drug-likeness (QED) is 0.0780. The van der Waals surface area contributed by atoms with Gasteiger partial charge < -0.3 is 14.8 Å². The van der Waals surface area contributed by atoms with E-state index in [1.54, 1.807) is 12.3 Å². The average Bonchev–Trinajstić information content (AvgIpc) is 3.41. The van der Waals surface area contributed by atoms with E-state index < -0.39 is 11.9 Å². The molecule has 0 saturated heterocycles. The maximum Gasteiger partial charge on any atom is 0.354 e. The van der Waals surface area contributed by atoms with Crippen LogP contribution in [0, 0.1) is 0 Å². The molecule has 1 rings (SSSR count). The summed E-state index contributed by atoms with van der Waals surface area (Å²) in [6.45, 7) is 4.48. The van der Waals surface area contributed by atoms with E-state index in [4.69, 9.17) is 5.11 Å². The molecule has 0 bridgehead atoms. The van der Waals surface area contributed by atoms with Gasteiger partial charge >= 0.3 is 11.9 Å². The van der Waals surface area contributed by atoms with Crippen molar-refractivity contribution in [1.82, 2.24) is 4.98 Å². The molecule has 0 aliphatic heterocycles. The van der Waals surface area contributed by atoms with E-state index in [-0.39, 0.29) is 5.78 Å². The van der Waals surface area contributed by atoms with Gasteiger partial charge in [-0.2, -0.15) is 0 Å². The number of ketones is 1. The largest absolute Gasteiger partial charge is 0.481 e. The number of hydrogen-bond acceptors (Lipinski definition) is 4. The van der Waals surface area contributed by atoms with Crippen molar-refractivity contribution in [2.45, 2.75) is 155 Å². The summed E-state index contributed by atoms with van der Waals surface area (Å²) in [4.78, 5) is 36.4. The first-order chi connectivity index (χ1) is 18.5. The molecule has 0 aliphatic rings. The zero-order valence-electron chi connectivity index (χ0n) is 24.8. The number of hydrogen-bond donors (Lipinski definition) is 2. The number of aromatic nitrogens is 1. The van der Waals surface area contributed by atoms with Gasteiger partial charge in [-0.15, -0.1) is 0 Å². The summed E-state index contributed by atoms with van der Waals surface area (Å²) in [5.41, 5.74) is 0.903. The standard InChI is InChI=1S/C19H31NO3.C13H26O2/c1-3-4-5-6-7-8-9-10-11-12-13-18(21)16-14-17(20-15-16)19(22)23-2;1-2-3-4-5-6-7-8-9-10-11-12-13(14)15/h14-15,20H,3-13H2,1-2H3;2-12H2,1H3,(H,14,15). The minimum absolute atomic E-state index is 0.0935. The Bertz CT molecular complexity index is 712. The molecule has 220 valence electrons. The van der Waals surface area contributed by atoms with E-state index in [2.05, 4.69) is 23.6 Å². The van der Waals surface area contributed by atoms with Crippen molar-refractivity contribution in [3.05, 3.63) is 23.5 Å². The lowest BCUT2D eigenvalue weighted by Crippen LogP contribution is -2.01. The molecule has 0 unspecified atom stereocenters. The number of unbranched alkanes of at least 4 members (excludes halogenated alkanes) is 18. The van der Waals surface area contributed by atoms with Crippen LogP contribution in [0.4, 0.5) is 0 Å². The van der Waals surface area contributed by atoms with Crippen LogP contribution in [0.25, 0.3) is 0 Å². The van der Waals surface area contributed by atoms with Gasteiger partial charge in [0.05, 0.1) is 7.11 Å². The van der Waals surface area contributed by atoms with E-state index in [0.29, 0.717) is 24.1 Å². The van der Waals surface area contributed by atoms with Crippen LogP contribution in [0.2, 0.25) is 0 Å². The van der Waals surface area contributed by atoms with E-state index in [0.717, 1.165) is 25.7 Å². The predicted octanol–water partition coefficient (Wildman–Crippen LogP) is 9.68. The second kappa shape index (κ2) is 26.5. The first-order valence-electron chi connectivity index (χ1n) is 15.5. The molecule has 0 saturated carbocycles. The molecule has 0 fully saturated rings. The number of H-pyrrole nitrogens is 1. The molecule has 2 N–H and O–H groups in total. The molecule has 1 aromatic heterocycles. The Morgan fingerprint density at radius 2 is 1.05 bits per heavy atom. The minimum Gasteiger partial charge on any atom is -0.481 e. The maximum atomic E-state index is 12.0. The third-order valence-electron chi connectivity index (χ3n) is 6.91. The lowest BCUT2D eigenvalue weighted by Gasteiger charge is -2.02. The van der Waals surface area contributed by atoms with E-state index >= 15 is 0 Å². The lowest BCUT2D eigenvalue weighted by atomic mass is 10.0. The second-order valence-electron chi connectivity index (χ2n) is 10.5. The number of carboxylic acid groups (broad SMARTS) is 1. The average molecular weight is 536 g/mol. The number of carboxylic acids is 1. The number of carbonyl (C=O) groups is 3. The summed E-state index contributed by atoms with van der Waals surface area (Å²) in [5, 5.41) is 8.44. The van der Waals surface area contributed by atoms with Gasteiger partial charge in [0.25, 0.3) is 0 Å². The van der Waals surface area contributed by atoms with Gasteiger partial charge in [-0.25, -0.2) is 4.79 Å². The molecule has 1 heterocycles. The smallest absolute Gasteiger partial charge is 0.354 e. The number of ether oxygens (including phenoxy) is 1. The van der Waals surface area contributed by atoms with Gasteiger partial charge in [0.1, 0.15) is 5.69 Å². The Kier molecular flexibility index (Phi) is 25.0. The zero-order chi connectivity index (χ0) is 28.3. The molecule has 0 aromatic carbocycles. The predicted molar refractivity (Wildman–Crippen MR) is 157 cm³/mol. The fourth-order valence-corrected chi connectivity index (χ4v) is 4.46. The van der Waals surface area contributed by atoms with Crippen molar-refractivity contribution >= 4 is 17.7 Å². The number of aromatic amines is 1. The third kappa shape index (κ3) is 21.9. The number of Topliss-reactive ketones (excluding diaryl/α,β-unsaturated/α-hetero) is 1. The maximum absolute atomic E-state index is 12.0. The van der Waals surface area contributed by atoms with Crippen molar-refractivity contribution in [3.63, 3.8) is 0 Å². The van der Waals surface area contributed by atoms with Crippen LogP contribution < -0.4 is 0 Å². The van der Waals surface area contributed by atoms with Gasteiger partial charge in [0.2, 0.25) is 0 Å². The Labute approximate surface area is 232 Å². The van der Waals surface area contributed by atoms with Crippen LogP contribution >= 0.6 is 0 Å². The molecule has 0 aliphatic carbocycles. The molecule has 0 amide bonds. The number of methoxy groups -OCH3 is 1. The Morgan fingerprint density at radius 3 is 1.45 bits per heavy atom. The second-order valence-corrected chi connectivity index (χ2v) is 10.5. The van der Waals surface area contributed by atoms with E-state index in [1.165, 1.54) is 110 Å². The molecule has 38 heavy (non-hydrogen) atoms. The highest BCUT2D eigenvalue weighted by atomic mass is 16.5. The first-order valence-corrected chi connectivity index (χ1v) is 15.5. The number of rotatable bonds is 24. The van der Waals surface area contributed by atoms with Crippen LogP contribution in [0.3, 0.4) is 0 Å². The molecule has 6 heteroatoms. The Balaban J connectivity index is 0.000000793. The summed E-state index contributed by atoms with van der Waals surface area (Å²) in [6.07, 6.45) is 27.6. The molecule has 6 nitrogen and oxygen atoms in total. The summed E-state index contributed by atoms with van der Waals surface area (Å²) in [6, 6.07) is 1.57. The van der Waals surface area contributed by atoms with Gasteiger partial charge in [-0.1, -0.05) is 129 Å². The molecular weight excluding hydrogens is 478 g/mol. The van der Waals surface area contributed by atoms with Crippen molar-refractivity contribution < 1.29 is 24.2 Å². The summed E-state index contributed by atoms with van der Waals surface area (Å²) >= 11 is 0. The van der Waals surface area contributed by atoms with E-state index in [9.17, 15) is 14.4 Å². The van der Waals surface area contributed by atoms with E-state index in [1.807, 2.05) is 0 Å². The summed E-state index contributed by atoms with van der Waals surface area (Å²) in [5.74, 6) is -1.01. The molecule has 0 radical (unpaired) electrons. The monoisotopic (exact) mass is 535 g/mol. The minimum atomic E-state index is -0.658. The van der Waals surface area contributed by atoms with Gasteiger partial charge in [0, 0.05) is 24.6 Å². The summed E-state index contributed by atoms with van der Waals surface area (Å²) in [7, 11) is 1.33. The Morgan fingerprint density at radius 1 is 0.658 bits per heavy atom. The number of aliphatic carboxylic acids is 1. The van der Waals surface area contributed by atoms with Gasteiger partial charge in [-0.3, -0.25) is 9.59 Å². The van der Waals surface area contributed by atoms with Crippen molar-refractivity contribution in [3.8, 4) is 0 Å². The first kappa shape index (κ1) is 35.9. The fraction of sp³-hybridized carbons (Fsp3) is 0.781. The van der Waals surface area contributed by atoms with Crippen LogP contribution in [0.5, 0.6) is 0 Å². The van der Waals surface area contributed by atoms with Gasteiger partial charge in [-0.05, 0) is 18.9 Å². The van der Waals surface area contributed by atoms with Crippen molar-refractivity contribution in [2.75, 3.05) is 7.11 Å². The zero-order valence-corrected chi connectivity index (χ0v) is 24.8. The summed E-state index contributed by atoms with van der Waals surface area (Å²) < 4.78 is 4.61. The molecule has 0 spiro atoms. The molecule has 1 aromatic rings. The number of carbonyl (C=O) groups excluding carboxylic acids is 2. The lowest BCUT2D eigenvalue weighted by molar-refractivity contribution is -0.137. The highest BCUT2D eigenvalue weighted by molar-refractivity contribution is 5.98. The Hall–Kier alpha value is -2.11. The topological polar surface area (TPSA) is 96.5 Å². The van der Waals surface area contributed by atoms with Crippen LogP contribution in [-0.4, -0.2) is 34.9 Å². The fourth-order valence-electron chi connectivity index (χ4n) is 4.46. The number of nitrogens with one attached hydrogen (secondary N) is 1. The highest BCUT2D eigenvalue weighted by Gasteiger charge is 2.12. The normalized spacial score (nSPS) is 10.6. The van der Waals surface area contributed by atoms with Gasteiger partial charge in [0.15, 0.2) is 5.78 Å². The molecular formula is C32H57NO5. The highest BCUT2D eigenvalue weighted by Crippen LogP contribution is 2.14. The SMILES string of the molecule is CCCCCCCCCCCCC(=O)O.CCCCCCCCCCCCC(=O)c1c[nH]c(C(=O)OC)c1. The van der Waals surface area contributed by atoms with Crippen molar-refractivity contribution in [2.24, 2.45) is 0 Å².